The molecule has 0 spiro atoms. The highest BCUT2D eigenvalue weighted by atomic mass is 16.2. The maximum absolute atomic E-state index is 12.6. The van der Waals surface area contributed by atoms with Crippen molar-refractivity contribution >= 4 is 17.7 Å². The van der Waals surface area contributed by atoms with Crippen molar-refractivity contribution in [1.29, 1.82) is 0 Å². The van der Waals surface area contributed by atoms with Gasteiger partial charge in [-0.1, -0.05) is 103 Å². The molecule has 0 saturated heterocycles. The summed E-state index contributed by atoms with van der Waals surface area (Å²) in [5.41, 5.74) is 0. The van der Waals surface area contributed by atoms with E-state index in [1.807, 2.05) is 0 Å². The lowest BCUT2D eigenvalue weighted by Crippen LogP contribution is -2.47. The third kappa shape index (κ3) is 24.3. The van der Waals surface area contributed by atoms with Crippen LogP contribution >= 0.6 is 0 Å². The summed E-state index contributed by atoms with van der Waals surface area (Å²) in [6.07, 6.45) is 25.5. The Morgan fingerprint density at radius 1 is 0.622 bits per heavy atom. The van der Waals surface area contributed by atoms with Crippen LogP contribution in [0.3, 0.4) is 0 Å². The van der Waals surface area contributed by atoms with Crippen LogP contribution in [0.25, 0.3) is 0 Å². The summed E-state index contributed by atoms with van der Waals surface area (Å²) in [6, 6.07) is -0.644. The van der Waals surface area contributed by atoms with Crippen molar-refractivity contribution in [3.8, 4) is 0 Å². The summed E-state index contributed by atoms with van der Waals surface area (Å²) in [6.45, 7) is 7.50. The van der Waals surface area contributed by atoms with Crippen molar-refractivity contribution in [2.24, 2.45) is 0 Å². The molecule has 3 amide bonds. The van der Waals surface area contributed by atoms with Crippen LogP contribution in [0.2, 0.25) is 0 Å². The summed E-state index contributed by atoms with van der Waals surface area (Å²) in [5.74, 6) is -0.335. The van der Waals surface area contributed by atoms with Crippen molar-refractivity contribution in [3.63, 3.8) is 0 Å². The molecule has 0 unspecified atom stereocenters. The molecule has 0 rings (SSSR count). The van der Waals surface area contributed by atoms with E-state index in [9.17, 15) is 14.4 Å². The molecule has 3 N–H and O–H groups in total. The molecule has 0 aromatic carbocycles. The molecule has 0 bridgehead atoms. The van der Waals surface area contributed by atoms with Crippen LogP contribution in [0.5, 0.6) is 0 Å². The highest BCUT2D eigenvalue weighted by Gasteiger charge is 2.21. The summed E-state index contributed by atoms with van der Waals surface area (Å²) in [5, 5.41) is 8.66. The van der Waals surface area contributed by atoms with E-state index in [1.54, 1.807) is 0 Å². The van der Waals surface area contributed by atoms with Gasteiger partial charge in [0.15, 0.2) is 0 Å². The first-order valence-corrected chi connectivity index (χ1v) is 15.5. The lowest BCUT2D eigenvalue weighted by Gasteiger charge is -2.18. The fourth-order valence-electron chi connectivity index (χ4n) is 4.30. The van der Waals surface area contributed by atoms with E-state index in [4.69, 9.17) is 0 Å². The molecule has 6 heteroatoms. The smallest absolute Gasteiger partial charge is 0.242 e. The van der Waals surface area contributed by atoms with Gasteiger partial charge in [-0.2, -0.15) is 0 Å². The summed E-state index contributed by atoms with van der Waals surface area (Å²) >= 11 is 0. The Morgan fingerprint density at radius 2 is 1.14 bits per heavy atom. The van der Waals surface area contributed by atoms with Crippen LogP contribution in [0.15, 0.2) is 12.2 Å². The first-order chi connectivity index (χ1) is 18.0. The van der Waals surface area contributed by atoms with Crippen molar-refractivity contribution in [1.82, 2.24) is 16.0 Å². The zero-order valence-electron chi connectivity index (χ0n) is 24.5. The Bertz CT molecular complexity index is 592. The summed E-state index contributed by atoms with van der Waals surface area (Å²) in [4.78, 5) is 37.1. The van der Waals surface area contributed by atoms with Crippen molar-refractivity contribution in [3.05, 3.63) is 12.2 Å². The van der Waals surface area contributed by atoms with E-state index in [2.05, 4.69) is 48.9 Å². The van der Waals surface area contributed by atoms with Crippen LogP contribution < -0.4 is 16.0 Å². The minimum absolute atomic E-state index is 0.0610. The van der Waals surface area contributed by atoms with E-state index < -0.39 is 6.04 Å². The Hall–Kier alpha value is -1.85. The Balaban J connectivity index is 3.97. The number of nitrogens with one attached hydrogen (secondary N) is 3. The second-order valence-corrected chi connectivity index (χ2v) is 10.4. The molecule has 6 nitrogen and oxygen atoms in total. The van der Waals surface area contributed by atoms with Gasteiger partial charge in [-0.15, -0.1) is 0 Å². The largest absolute Gasteiger partial charge is 0.356 e. The Morgan fingerprint density at radius 3 is 1.68 bits per heavy atom. The minimum Gasteiger partial charge on any atom is -0.356 e. The molecule has 0 aliphatic heterocycles. The minimum atomic E-state index is -0.644. The predicted octanol–water partition coefficient (Wildman–Crippen LogP) is 7.12. The fourth-order valence-corrected chi connectivity index (χ4v) is 4.30. The van der Waals surface area contributed by atoms with Gasteiger partial charge in [0, 0.05) is 25.9 Å². The molecule has 0 aromatic heterocycles. The van der Waals surface area contributed by atoms with Crippen molar-refractivity contribution in [2.45, 2.75) is 155 Å². The van der Waals surface area contributed by atoms with Gasteiger partial charge in [0.25, 0.3) is 0 Å². The SMILES string of the molecule is C/C=C/CCCCCCCCCCCCCCC(=O)N[C@@H](CCC(=O)NCCCC)C(=O)NCCCC. The lowest BCUT2D eigenvalue weighted by atomic mass is 10.0. The van der Waals surface area contributed by atoms with Crippen LogP contribution in [-0.4, -0.2) is 36.9 Å². The molecule has 37 heavy (non-hydrogen) atoms. The van der Waals surface area contributed by atoms with E-state index in [-0.39, 0.29) is 24.1 Å². The van der Waals surface area contributed by atoms with Crippen LogP contribution in [0.4, 0.5) is 0 Å². The molecule has 1 atom stereocenters. The number of unbranched alkanes of at least 4 members (excludes halogenated alkanes) is 14. The molecule has 0 aliphatic carbocycles. The van der Waals surface area contributed by atoms with Gasteiger partial charge < -0.3 is 16.0 Å². The number of rotatable bonds is 26. The number of hydrogen-bond donors (Lipinski definition) is 3. The Labute approximate surface area is 228 Å². The van der Waals surface area contributed by atoms with Gasteiger partial charge in [0.05, 0.1) is 0 Å². The maximum atomic E-state index is 12.6. The highest BCUT2D eigenvalue weighted by Crippen LogP contribution is 2.13. The van der Waals surface area contributed by atoms with Gasteiger partial charge in [-0.25, -0.2) is 0 Å². The molecular formula is C31H59N3O3. The summed E-state index contributed by atoms with van der Waals surface area (Å²) in [7, 11) is 0. The quantitative estimate of drug-likeness (QED) is 0.0836. The topological polar surface area (TPSA) is 87.3 Å². The molecule has 0 fully saturated rings. The molecule has 0 saturated carbocycles. The third-order valence-electron chi connectivity index (χ3n) is 6.75. The molecule has 0 aromatic rings. The highest BCUT2D eigenvalue weighted by molar-refractivity contribution is 5.88. The van der Waals surface area contributed by atoms with Crippen LogP contribution in [0.1, 0.15) is 149 Å². The van der Waals surface area contributed by atoms with E-state index in [0.717, 1.165) is 44.9 Å². The predicted molar refractivity (Wildman–Crippen MR) is 156 cm³/mol. The lowest BCUT2D eigenvalue weighted by molar-refractivity contribution is -0.129. The first kappa shape index (κ1) is 35.2. The number of amides is 3. The van der Waals surface area contributed by atoms with E-state index in [1.165, 1.54) is 64.2 Å². The maximum Gasteiger partial charge on any atom is 0.242 e. The average Bonchev–Trinajstić information content (AvgIpc) is 2.89. The molecular weight excluding hydrogens is 462 g/mol. The number of hydrogen-bond acceptors (Lipinski definition) is 3. The molecule has 0 aliphatic rings. The Kier molecular flexibility index (Phi) is 25.8. The number of allylic oxidation sites excluding steroid dienone is 2. The van der Waals surface area contributed by atoms with E-state index in [0.29, 0.717) is 25.9 Å². The molecule has 0 radical (unpaired) electrons. The zero-order chi connectivity index (χ0) is 27.4. The second-order valence-electron chi connectivity index (χ2n) is 10.4. The van der Waals surface area contributed by atoms with Crippen molar-refractivity contribution < 1.29 is 14.4 Å². The van der Waals surface area contributed by atoms with Gasteiger partial charge in [-0.05, 0) is 45.4 Å². The first-order valence-electron chi connectivity index (χ1n) is 15.5. The van der Waals surface area contributed by atoms with E-state index >= 15 is 0 Å². The van der Waals surface area contributed by atoms with Crippen LogP contribution in [-0.2, 0) is 14.4 Å². The average molecular weight is 522 g/mol. The van der Waals surface area contributed by atoms with Gasteiger partial charge in [0.2, 0.25) is 17.7 Å². The molecule has 0 heterocycles. The second kappa shape index (κ2) is 27.2. The van der Waals surface area contributed by atoms with Gasteiger partial charge >= 0.3 is 0 Å². The number of carbonyl (C=O) groups is 3. The van der Waals surface area contributed by atoms with Crippen molar-refractivity contribution in [2.75, 3.05) is 13.1 Å². The zero-order valence-corrected chi connectivity index (χ0v) is 24.5. The normalized spacial score (nSPS) is 12.0. The monoisotopic (exact) mass is 521 g/mol. The third-order valence-corrected chi connectivity index (χ3v) is 6.75. The van der Waals surface area contributed by atoms with Gasteiger partial charge in [-0.3, -0.25) is 14.4 Å². The standard InChI is InChI=1S/C31H59N3O3/c1-4-7-10-11-12-13-14-15-16-17-18-19-20-21-22-23-30(36)34-28(31(37)33-27-9-6-3)24-25-29(35)32-26-8-5-2/h4,7,28H,5-6,8-27H2,1-3H3,(H,32,35)(H,33,37)(H,34,36)/b7-4+/t28-/m0/s1. The summed E-state index contributed by atoms with van der Waals surface area (Å²) < 4.78 is 0. The number of carbonyl (C=O) groups excluding carboxylic acids is 3. The van der Waals surface area contributed by atoms with Gasteiger partial charge in [0.1, 0.15) is 6.04 Å². The molecule has 216 valence electrons. The fraction of sp³-hybridized carbons (Fsp3) is 0.839. The van der Waals surface area contributed by atoms with Crippen LogP contribution in [0, 0.1) is 0 Å².